The highest BCUT2D eigenvalue weighted by Crippen LogP contribution is 2.31. The molecule has 1 aliphatic rings. The minimum atomic E-state index is -2.49. The first kappa shape index (κ1) is 18.2. The Morgan fingerprint density at radius 1 is 1.33 bits per heavy atom. The number of benzene rings is 1. The molecule has 1 amide bonds. The van der Waals surface area contributed by atoms with Gasteiger partial charge in [0.1, 0.15) is 0 Å². The number of piperidine rings is 1. The number of alkyl halides is 2. The van der Waals surface area contributed by atoms with Crippen molar-refractivity contribution in [3.05, 3.63) is 24.3 Å². The van der Waals surface area contributed by atoms with E-state index >= 15 is 0 Å². The molecule has 0 spiro atoms. The number of amides is 1. The predicted molar refractivity (Wildman–Crippen MR) is 84.4 cm³/mol. The van der Waals surface area contributed by atoms with Gasteiger partial charge in [-0.2, -0.15) is 8.78 Å². The quantitative estimate of drug-likeness (QED) is 0.805. The number of hydrogen-bond donors (Lipinski definition) is 2. The Kier molecular flexibility index (Phi) is 8.00. The van der Waals surface area contributed by atoms with Gasteiger partial charge >= 0.3 is 0 Å². The SMILES string of the molecule is Cl.O=C(CC1CCNCC1)Nc1ccccc1SC(F)F. The summed E-state index contributed by atoms with van der Waals surface area (Å²) in [6.45, 7) is 1.88. The van der Waals surface area contributed by atoms with Crippen molar-refractivity contribution >= 4 is 35.8 Å². The van der Waals surface area contributed by atoms with Gasteiger partial charge in [-0.25, -0.2) is 0 Å². The van der Waals surface area contributed by atoms with Crippen molar-refractivity contribution in [3.8, 4) is 0 Å². The van der Waals surface area contributed by atoms with Crippen molar-refractivity contribution in [2.75, 3.05) is 18.4 Å². The lowest BCUT2D eigenvalue weighted by Gasteiger charge is -2.22. The zero-order valence-electron chi connectivity index (χ0n) is 11.5. The van der Waals surface area contributed by atoms with E-state index in [-0.39, 0.29) is 18.3 Å². The summed E-state index contributed by atoms with van der Waals surface area (Å²) in [5, 5.41) is 6.00. The number of nitrogens with one attached hydrogen (secondary N) is 2. The number of rotatable bonds is 5. The molecule has 118 valence electrons. The summed E-state index contributed by atoms with van der Waals surface area (Å²) in [5.74, 6) is -2.21. The van der Waals surface area contributed by atoms with E-state index in [0.29, 0.717) is 34.7 Å². The fraction of sp³-hybridized carbons (Fsp3) is 0.500. The van der Waals surface area contributed by atoms with E-state index < -0.39 is 5.76 Å². The fourth-order valence-electron chi connectivity index (χ4n) is 2.32. The predicted octanol–water partition coefficient (Wildman–Crippen LogP) is 3.75. The summed E-state index contributed by atoms with van der Waals surface area (Å²) < 4.78 is 24.9. The molecule has 1 heterocycles. The topological polar surface area (TPSA) is 41.1 Å². The van der Waals surface area contributed by atoms with Crippen molar-refractivity contribution < 1.29 is 13.6 Å². The summed E-state index contributed by atoms with van der Waals surface area (Å²) in [5.41, 5.74) is 0.469. The zero-order chi connectivity index (χ0) is 14.4. The molecule has 1 aromatic carbocycles. The lowest BCUT2D eigenvalue weighted by Crippen LogP contribution is -2.30. The zero-order valence-corrected chi connectivity index (χ0v) is 13.1. The Bertz CT molecular complexity index is 456. The number of anilines is 1. The molecular weight excluding hydrogens is 318 g/mol. The Hall–Kier alpha value is -0.850. The smallest absolute Gasteiger partial charge is 0.288 e. The fourth-order valence-corrected chi connectivity index (χ4v) is 2.91. The van der Waals surface area contributed by atoms with Gasteiger partial charge in [0.25, 0.3) is 5.76 Å². The number of carbonyl (C=O) groups is 1. The molecule has 0 saturated carbocycles. The number of hydrogen-bond acceptors (Lipinski definition) is 3. The van der Waals surface area contributed by atoms with E-state index in [9.17, 15) is 13.6 Å². The van der Waals surface area contributed by atoms with Crippen LogP contribution in [0.1, 0.15) is 19.3 Å². The van der Waals surface area contributed by atoms with E-state index in [4.69, 9.17) is 0 Å². The molecule has 1 fully saturated rings. The summed E-state index contributed by atoms with van der Waals surface area (Å²) in [6.07, 6.45) is 2.43. The van der Waals surface area contributed by atoms with Gasteiger partial charge in [0.05, 0.1) is 5.69 Å². The first-order valence-electron chi connectivity index (χ1n) is 6.69. The molecule has 0 radical (unpaired) electrons. The van der Waals surface area contributed by atoms with Crippen molar-refractivity contribution in [3.63, 3.8) is 0 Å². The molecule has 1 saturated heterocycles. The van der Waals surface area contributed by atoms with Crippen LogP contribution in [0.5, 0.6) is 0 Å². The van der Waals surface area contributed by atoms with Gasteiger partial charge in [0.2, 0.25) is 5.91 Å². The number of carbonyl (C=O) groups excluding carboxylic acids is 1. The molecule has 0 unspecified atom stereocenters. The van der Waals surface area contributed by atoms with Crippen LogP contribution in [0, 0.1) is 5.92 Å². The molecular formula is C14H19ClF2N2OS. The standard InChI is InChI=1S/C14H18F2N2OS.ClH/c15-14(16)20-12-4-2-1-3-11(12)18-13(19)9-10-5-7-17-8-6-10;/h1-4,10,14,17H,5-9H2,(H,18,19);1H. The van der Waals surface area contributed by atoms with Crippen LogP contribution in [0.15, 0.2) is 29.2 Å². The van der Waals surface area contributed by atoms with Gasteiger partial charge in [-0.15, -0.1) is 12.4 Å². The van der Waals surface area contributed by atoms with Gasteiger partial charge < -0.3 is 10.6 Å². The van der Waals surface area contributed by atoms with Crippen LogP contribution in [0.4, 0.5) is 14.5 Å². The Morgan fingerprint density at radius 2 is 2.00 bits per heavy atom. The highest BCUT2D eigenvalue weighted by atomic mass is 35.5. The molecule has 1 aliphatic heterocycles. The van der Waals surface area contributed by atoms with Crippen LogP contribution >= 0.6 is 24.2 Å². The monoisotopic (exact) mass is 336 g/mol. The van der Waals surface area contributed by atoms with Crippen LogP contribution in [0.2, 0.25) is 0 Å². The number of thioether (sulfide) groups is 1. The Morgan fingerprint density at radius 3 is 2.67 bits per heavy atom. The van der Waals surface area contributed by atoms with Crippen molar-refractivity contribution in [1.82, 2.24) is 5.32 Å². The minimum Gasteiger partial charge on any atom is -0.325 e. The van der Waals surface area contributed by atoms with Crippen molar-refractivity contribution in [2.45, 2.75) is 29.9 Å². The van der Waals surface area contributed by atoms with Gasteiger partial charge in [-0.1, -0.05) is 23.9 Å². The maximum Gasteiger partial charge on any atom is 0.288 e. The first-order chi connectivity index (χ1) is 9.65. The van der Waals surface area contributed by atoms with Gasteiger partial charge in [-0.3, -0.25) is 4.79 Å². The lowest BCUT2D eigenvalue weighted by molar-refractivity contribution is -0.117. The van der Waals surface area contributed by atoms with Crippen LogP contribution in [-0.2, 0) is 4.79 Å². The third-order valence-electron chi connectivity index (χ3n) is 3.31. The van der Waals surface area contributed by atoms with E-state index in [1.165, 1.54) is 0 Å². The van der Waals surface area contributed by atoms with Gasteiger partial charge in [0, 0.05) is 11.3 Å². The largest absolute Gasteiger partial charge is 0.325 e. The second-order valence-corrected chi connectivity index (χ2v) is 5.85. The Balaban J connectivity index is 0.00000220. The second-order valence-electron chi connectivity index (χ2n) is 4.82. The molecule has 7 heteroatoms. The molecule has 0 aliphatic carbocycles. The van der Waals surface area contributed by atoms with Crippen LogP contribution < -0.4 is 10.6 Å². The highest BCUT2D eigenvalue weighted by molar-refractivity contribution is 7.99. The van der Waals surface area contributed by atoms with Crippen LogP contribution in [0.3, 0.4) is 0 Å². The minimum absolute atomic E-state index is 0. The van der Waals surface area contributed by atoms with E-state index in [2.05, 4.69) is 10.6 Å². The molecule has 2 rings (SSSR count). The number of halogens is 3. The average molecular weight is 337 g/mol. The van der Waals surface area contributed by atoms with Crippen LogP contribution in [-0.4, -0.2) is 24.8 Å². The summed E-state index contributed by atoms with van der Waals surface area (Å²) in [4.78, 5) is 12.4. The maximum atomic E-state index is 12.5. The summed E-state index contributed by atoms with van der Waals surface area (Å²) >= 11 is 0.455. The van der Waals surface area contributed by atoms with Gasteiger partial charge in [0.15, 0.2) is 0 Å². The van der Waals surface area contributed by atoms with E-state index in [1.54, 1.807) is 24.3 Å². The average Bonchev–Trinajstić information content (AvgIpc) is 2.41. The maximum absolute atomic E-state index is 12.5. The number of para-hydroxylation sites is 1. The Labute approximate surface area is 133 Å². The third kappa shape index (κ3) is 6.20. The van der Waals surface area contributed by atoms with Crippen LogP contribution in [0.25, 0.3) is 0 Å². The van der Waals surface area contributed by atoms with Crippen molar-refractivity contribution in [1.29, 1.82) is 0 Å². The molecule has 2 N–H and O–H groups in total. The van der Waals surface area contributed by atoms with Crippen molar-refractivity contribution in [2.24, 2.45) is 5.92 Å². The normalized spacial score (nSPS) is 15.6. The molecule has 21 heavy (non-hydrogen) atoms. The molecule has 0 aromatic heterocycles. The van der Waals surface area contributed by atoms with E-state index in [1.807, 2.05) is 0 Å². The van der Waals surface area contributed by atoms with E-state index in [0.717, 1.165) is 25.9 Å². The second kappa shape index (κ2) is 9.23. The summed E-state index contributed by atoms with van der Waals surface area (Å²) in [6, 6.07) is 6.67. The highest BCUT2D eigenvalue weighted by Gasteiger charge is 2.18. The molecule has 3 nitrogen and oxygen atoms in total. The molecule has 0 bridgehead atoms. The first-order valence-corrected chi connectivity index (χ1v) is 7.57. The molecule has 0 atom stereocenters. The summed E-state index contributed by atoms with van der Waals surface area (Å²) in [7, 11) is 0. The third-order valence-corrected chi connectivity index (χ3v) is 4.10. The van der Waals surface area contributed by atoms with Gasteiger partial charge in [-0.05, 0) is 44.0 Å². The lowest BCUT2D eigenvalue weighted by atomic mass is 9.94. The molecule has 1 aromatic rings.